The Labute approximate surface area is 102 Å². The Hall–Kier alpha value is -0.810. The van der Waals surface area contributed by atoms with Gasteiger partial charge in [0.2, 0.25) is 0 Å². The largest absolute Gasteiger partial charge is 0.508 e. The summed E-state index contributed by atoms with van der Waals surface area (Å²) < 4.78 is 20.6. The second-order valence-corrected chi connectivity index (χ2v) is 4.98. The summed E-state index contributed by atoms with van der Waals surface area (Å²) in [5, 5.41) is 0. The van der Waals surface area contributed by atoms with E-state index >= 15 is 0 Å². The van der Waals surface area contributed by atoms with Gasteiger partial charge in [0.15, 0.2) is 6.29 Å². The molecule has 1 saturated heterocycles. The highest BCUT2D eigenvalue weighted by Crippen LogP contribution is 2.13. The molecule has 0 amide bonds. The zero-order chi connectivity index (χ0) is 12.7. The number of hydrogen-bond acceptors (Lipinski definition) is 5. The van der Waals surface area contributed by atoms with Crippen molar-refractivity contribution in [3.8, 4) is 0 Å². The normalized spacial score (nSPS) is 21.0. The van der Waals surface area contributed by atoms with E-state index in [4.69, 9.17) is 18.9 Å². The summed E-state index contributed by atoms with van der Waals surface area (Å²) in [6.07, 6.45) is 2.31. The van der Waals surface area contributed by atoms with E-state index in [0.29, 0.717) is 6.61 Å². The van der Waals surface area contributed by atoms with E-state index in [2.05, 4.69) is 0 Å². The fraction of sp³-hybridized carbons (Fsp3) is 0.917. The molecule has 0 aromatic heterocycles. The molecule has 0 bridgehead atoms. The van der Waals surface area contributed by atoms with Gasteiger partial charge in [-0.1, -0.05) is 0 Å². The van der Waals surface area contributed by atoms with Gasteiger partial charge in [-0.3, -0.25) is 0 Å². The zero-order valence-corrected chi connectivity index (χ0v) is 10.9. The van der Waals surface area contributed by atoms with Crippen LogP contribution < -0.4 is 0 Å². The molecule has 0 saturated carbocycles. The third-order valence-corrected chi connectivity index (χ3v) is 2.13. The van der Waals surface area contributed by atoms with Crippen LogP contribution in [0.15, 0.2) is 0 Å². The average Bonchev–Trinajstić information content (AvgIpc) is 2.23. The fourth-order valence-corrected chi connectivity index (χ4v) is 1.43. The first kappa shape index (κ1) is 14.3. The highest BCUT2D eigenvalue weighted by Gasteiger charge is 2.18. The number of ether oxygens (including phenoxy) is 4. The van der Waals surface area contributed by atoms with Gasteiger partial charge in [0.05, 0.1) is 6.61 Å². The molecule has 1 aliphatic heterocycles. The zero-order valence-electron chi connectivity index (χ0n) is 10.9. The molecule has 0 radical (unpaired) electrons. The van der Waals surface area contributed by atoms with Gasteiger partial charge in [-0.05, 0) is 40.0 Å². The second kappa shape index (κ2) is 6.81. The molecule has 0 spiro atoms. The summed E-state index contributed by atoms with van der Waals surface area (Å²) in [5.41, 5.74) is -0.523. The third kappa shape index (κ3) is 7.18. The average molecular weight is 246 g/mol. The summed E-state index contributed by atoms with van der Waals surface area (Å²) in [6, 6.07) is 0. The molecule has 1 aliphatic rings. The third-order valence-electron chi connectivity index (χ3n) is 2.13. The van der Waals surface area contributed by atoms with Crippen molar-refractivity contribution in [2.45, 2.75) is 51.9 Å². The molecule has 1 atom stereocenters. The molecule has 5 nitrogen and oxygen atoms in total. The molecular formula is C12H22O5. The predicted octanol–water partition coefficient (Wildman–Crippen LogP) is 2.48. The molecule has 0 aromatic rings. The van der Waals surface area contributed by atoms with E-state index in [9.17, 15) is 4.79 Å². The van der Waals surface area contributed by atoms with Crippen molar-refractivity contribution in [1.29, 1.82) is 0 Å². The predicted molar refractivity (Wildman–Crippen MR) is 61.7 cm³/mol. The number of carbonyl (C=O) groups is 1. The molecular weight excluding hydrogens is 224 g/mol. The number of hydrogen-bond donors (Lipinski definition) is 0. The topological polar surface area (TPSA) is 54.0 Å². The van der Waals surface area contributed by atoms with Crippen molar-refractivity contribution in [3.05, 3.63) is 0 Å². The second-order valence-electron chi connectivity index (χ2n) is 4.98. The van der Waals surface area contributed by atoms with Crippen molar-refractivity contribution >= 4 is 6.16 Å². The molecule has 5 heteroatoms. The molecule has 0 N–H and O–H groups in total. The van der Waals surface area contributed by atoms with Gasteiger partial charge in [0.25, 0.3) is 0 Å². The van der Waals surface area contributed by atoms with Crippen LogP contribution in [0.5, 0.6) is 0 Å². The highest BCUT2D eigenvalue weighted by atomic mass is 16.7. The lowest BCUT2D eigenvalue weighted by atomic mass is 10.2. The quantitative estimate of drug-likeness (QED) is 0.563. The van der Waals surface area contributed by atoms with Crippen molar-refractivity contribution in [1.82, 2.24) is 0 Å². The van der Waals surface area contributed by atoms with Gasteiger partial charge in [-0.25, -0.2) is 4.79 Å². The Bertz CT molecular complexity index is 228. The first-order valence-corrected chi connectivity index (χ1v) is 6.06. The molecule has 17 heavy (non-hydrogen) atoms. The summed E-state index contributed by atoms with van der Waals surface area (Å²) in [7, 11) is 0. The van der Waals surface area contributed by atoms with Crippen molar-refractivity contribution in [2.24, 2.45) is 0 Å². The van der Waals surface area contributed by atoms with Crippen molar-refractivity contribution in [3.63, 3.8) is 0 Å². The summed E-state index contributed by atoms with van der Waals surface area (Å²) >= 11 is 0. The van der Waals surface area contributed by atoms with Crippen LogP contribution in [0.1, 0.15) is 40.0 Å². The van der Waals surface area contributed by atoms with Gasteiger partial charge >= 0.3 is 6.16 Å². The smallest absolute Gasteiger partial charge is 0.432 e. The highest BCUT2D eigenvalue weighted by molar-refractivity contribution is 5.60. The molecule has 0 aliphatic carbocycles. The Kier molecular flexibility index (Phi) is 5.71. The Morgan fingerprint density at radius 1 is 1.29 bits per heavy atom. The first-order valence-electron chi connectivity index (χ1n) is 6.06. The van der Waals surface area contributed by atoms with Crippen molar-refractivity contribution in [2.75, 3.05) is 19.8 Å². The van der Waals surface area contributed by atoms with Gasteiger partial charge in [-0.15, -0.1) is 0 Å². The van der Waals surface area contributed by atoms with Crippen molar-refractivity contribution < 1.29 is 23.7 Å². The van der Waals surface area contributed by atoms with Crippen LogP contribution in [-0.2, 0) is 18.9 Å². The maximum absolute atomic E-state index is 11.2. The van der Waals surface area contributed by atoms with Gasteiger partial charge < -0.3 is 18.9 Å². The Balaban J connectivity index is 2.01. The maximum Gasteiger partial charge on any atom is 0.508 e. The lowest BCUT2D eigenvalue weighted by molar-refractivity contribution is -0.168. The number of carbonyl (C=O) groups excluding carboxylic acids is 1. The standard InChI is InChI=1S/C12H22O5/c1-12(2,3)17-11(13)16-9-8-15-10-6-4-5-7-14-10/h10H,4-9H2,1-3H3. The van der Waals surface area contributed by atoms with E-state index in [0.717, 1.165) is 25.9 Å². The van der Waals surface area contributed by atoms with Crippen LogP contribution in [0.4, 0.5) is 4.79 Å². The number of rotatable bonds is 4. The monoisotopic (exact) mass is 246 g/mol. The van der Waals surface area contributed by atoms with E-state index in [1.807, 2.05) is 0 Å². The summed E-state index contributed by atoms with van der Waals surface area (Å²) in [5.74, 6) is 0. The minimum atomic E-state index is -0.661. The Morgan fingerprint density at radius 2 is 2.06 bits per heavy atom. The first-order chi connectivity index (χ1) is 7.97. The molecule has 1 rings (SSSR count). The van der Waals surface area contributed by atoms with E-state index < -0.39 is 11.8 Å². The molecule has 100 valence electrons. The van der Waals surface area contributed by atoms with Crippen LogP contribution in [0.3, 0.4) is 0 Å². The van der Waals surface area contributed by atoms with Crippen LogP contribution in [0.2, 0.25) is 0 Å². The molecule has 1 fully saturated rings. The summed E-state index contributed by atoms with van der Waals surface area (Å²) in [6.45, 7) is 6.65. The minimum absolute atomic E-state index is 0.147. The van der Waals surface area contributed by atoms with Crippen LogP contribution in [0.25, 0.3) is 0 Å². The molecule has 1 unspecified atom stereocenters. The van der Waals surface area contributed by atoms with Crippen LogP contribution >= 0.6 is 0 Å². The lowest BCUT2D eigenvalue weighted by Gasteiger charge is -2.23. The lowest BCUT2D eigenvalue weighted by Crippen LogP contribution is -2.27. The SMILES string of the molecule is CC(C)(C)OC(=O)OCCOC1CCCCO1. The summed E-state index contributed by atoms with van der Waals surface area (Å²) in [4.78, 5) is 11.2. The molecule has 0 aromatic carbocycles. The van der Waals surface area contributed by atoms with E-state index in [-0.39, 0.29) is 12.9 Å². The minimum Gasteiger partial charge on any atom is -0.432 e. The maximum atomic E-state index is 11.2. The van der Waals surface area contributed by atoms with Gasteiger partial charge in [-0.2, -0.15) is 0 Å². The van der Waals surface area contributed by atoms with Gasteiger partial charge in [0.1, 0.15) is 12.2 Å². The fourth-order valence-electron chi connectivity index (χ4n) is 1.43. The van der Waals surface area contributed by atoms with Crippen LogP contribution in [0, 0.1) is 0 Å². The Morgan fingerprint density at radius 3 is 2.65 bits per heavy atom. The van der Waals surface area contributed by atoms with E-state index in [1.54, 1.807) is 20.8 Å². The van der Waals surface area contributed by atoms with E-state index in [1.165, 1.54) is 0 Å². The molecule has 1 heterocycles. The van der Waals surface area contributed by atoms with Gasteiger partial charge in [0, 0.05) is 6.61 Å². The van der Waals surface area contributed by atoms with Crippen LogP contribution in [-0.4, -0.2) is 37.9 Å².